The molecule has 0 saturated carbocycles. The molecule has 0 aliphatic carbocycles. The maximum atomic E-state index is 14.0. The van der Waals surface area contributed by atoms with Crippen LogP contribution in [0.2, 0.25) is 0 Å². The predicted molar refractivity (Wildman–Crippen MR) is 77.4 cm³/mol. The van der Waals surface area contributed by atoms with Crippen molar-refractivity contribution in [3.05, 3.63) is 60.2 Å². The van der Waals surface area contributed by atoms with E-state index in [1.54, 1.807) is 43.6 Å². The SMILES string of the molecule is Cc1cccc(Oc2ccc3cnccc3c2N)c1F. The number of aryl methyl sites for hydroxylation is 1. The molecule has 3 nitrogen and oxygen atoms in total. The fraction of sp³-hybridized carbons (Fsp3) is 0.0625. The molecule has 2 aromatic carbocycles. The first kappa shape index (κ1) is 12.4. The molecule has 2 N–H and O–H groups in total. The molecule has 0 bridgehead atoms. The van der Waals surface area contributed by atoms with E-state index in [4.69, 9.17) is 10.5 Å². The van der Waals surface area contributed by atoms with Crippen LogP contribution in [0.15, 0.2) is 48.8 Å². The van der Waals surface area contributed by atoms with Crippen LogP contribution in [0.5, 0.6) is 11.5 Å². The number of fused-ring (bicyclic) bond motifs is 1. The summed E-state index contributed by atoms with van der Waals surface area (Å²) in [6, 6.07) is 10.4. The van der Waals surface area contributed by atoms with Crippen LogP contribution in [-0.2, 0) is 0 Å². The summed E-state index contributed by atoms with van der Waals surface area (Å²) >= 11 is 0. The molecule has 0 aliphatic rings. The van der Waals surface area contributed by atoms with Crippen LogP contribution in [0.3, 0.4) is 0 Å². The Balaban J connectivity index is 2.07. The van der Waals surface area contributed by atoms with Gasteiger partial charge < -0.3 is 10.5 Å². The summed E-state index contributed by atoms with van der Waals surface area (Å²) in [5, 5.41) is 1.76. The van der Waals surface area contributed by atoms with Crippen molar-refractivity contribution in [3.8, 4) is 11.5 Å². The summed E-state index contributed by atoms with van der Waals surface area (Å²) in [7, 11) is 0. The molecule has 0 fully saturated rings. The number of halogens is 1. The highest BCUT2D eigenvalue weighted by atomic mass is 19.1. The molecule has 100 valence electrons. The monoisotopic (exact) mass is 268 g/mol. The number of rotatable bonds is 2. The van der Waals surface area contributed by atoms with Crippen molar-refractivity contribution in [2.45, 2.75) is 6.92 Å². The summed E-state index contributed by atoms with van der Waals surface area (Å²) in [6.07, 6.45) is 3.39. The fourth-order valence-electron chi connectivity index (χ4n) is 2.08. The van der Waals surface area contributed by atoms with Crippen molar-refractivity contribution >= 4 is 16.5 Å². The fourth-order valence-corrected chi connectivity index (χ4v) is 2.08. The zero-order valence-electron chi connectivity index (χ0n) is 10.9. The number of benzene rings is 2. The van der Waals surface area contributed by atoms with Crippen molar-refractivity contribution in [1.82, 2.24) is 4.98 Å². The third-order valence-corrected chi connectivity index (χ3v) is 3.20. The van der Waals surface area contributed by atoms with E-state index in [0.29, 0.717) is 17.0 Å². The number of nitrogens with zero attached hydrogens (tertiary/aromatic N) is 1. The summed E-state index contributed by atoms with van der Waals surface area (Å²) in [5.74, 6) is 0.236. The van der Waals surface area contributed by atoms with Gasteiger partial charge in [-0.1, -0.05) is 12.1 Å². The normalized spacial score (nSPS) is 10.7. The zero-order chi connectivity index (χ0) is 14.1. The third kappa shape index (κ3) is 2.05. The topological polar surface area (TPSA) is 48.1 Å². The Morgan fingerprint density at radius 1 is 1.10 bits per heavy atom. The number of ether oxygens (including phenoxy) is 1. The van der Waals surface area contributed by atoms with E-state index < -0.39 is 0 Å². The van der Waals surface area contributed by atoms with E-state index in [1.165, 1.54) is 0 Å². The number of nitrogens with two attached hydrogens (primary N) is 1. The van der Waals surface area contributed by atoms with Gasteiger partial charge >= 0.3 is 0 Å². The highest BCUT2D eigenvalue weighted by molar-refractivity contribution is 5.95. The second-order valence-corrected chi connectivity index (χ2v) is 4.56. The molecule has 0 aliphatic heterocycles. The zero-order valence-corrected chi connectivity index (χ0v) is 10.9. The Kier molecular flexibility index (Phi) is 2.99. The summed E-state index contributed by atoms with van der Waals surface area (Å²) in [4.78, 5) is 4.04. The molecule has 0 atom stereocenters. The summed E-state index contributed by atoms with van der Waals surface area (Å²) in [6.45, 7) is 1.69. The van der Waals surface area contributed by atoms with E-state index in [9.17, 15) is 4.39 Å². The minimum atomic E-state index is -0.373. The van der Waals surface area contributed by atoms with Gasteiger partial charge in [0.25, 0.3) is 0 Å². The Morgan fingerprint density at radius 2 is 1.95 bits per heavy atom. The minimum Gasteiger partial charge on any atom is -0.452 e. The van der Waals surface area contributed by atoms with Crippen LogP contribution in [0.25, 0.3) is 10.8 Å². The van der Waals surface area contributed by atoms with Gasteiger partial charge in [0.1, 0.15) is 0 Å². The smallest absolute Gasteiger partial charge is 0.168 e. The van der Waals surface area contributed by atoms with Gasteiger partial charge in [-0.3, -0.25) is 4.98 Å². The first-order valence-corrected chi connectivity index (χ1v) is 6.22. The number of pyridine rings is 1. The maximum absolute atomic E-state index is 14.0. The lowest BCUT2D eigenvalue weighted by atomic mass is 10.1. The molecule has 0 radical (unpaired) electrons. The van der Waals surface area contributed by atoms with Crippen molar-refractivity contribution in [2.75, 3.05) is 5.73 Å². The van der Waals surface area contributed by atoms with E-state index in [0.717, 1.165) is 10.8 Å². The van der Waals surface area contributed by atoms with Crippen LogP contribution < -0.4 is 10.5 Å². The Labute approximate surface area is 115 Å². The van der Waals surface area contributed by atoms with E-state index >= 15 is 0 Å². The minimum absolute atomic E-state index is 0.171. The van der Waals surface area contributed by atoms with Gasteiger partial charge in [0.05, 0.1) is 5.69 Å². The Morgan fingerprint density at radius 3 is 2.80 bits per heavy atom. The van der Waals surface area contributed by atoms with Crippen molar-refractivity contribution in [3.63, 3.8) is 0 Å². The van der Waals surface area contributed by atoms with Gasteiger partial charge in [-0.05, 0) is 36.8 Å². The average Bonchev–Trinajstić information content (AvgIpc) is 2.47. The predicted octanol–water partition coefficient (Wildman–Crippen LogP) is 4.06. The lowest BCUT2D eigenvalue weighted by Gasteiger charge is -2.12. The van der Waals surface area contributed by atoms with Crippen LogP contribution in [0, 0.1) is 12.7 Å². The largest absolute Gasteiger partial charge is 0.452 e. The maximum Gasteiger partial charge on any atom is 0.168 e. The number of aromatic nitrogens is 1. The highest BCUT2D eigenvalue weighted by Crippen LogP contribution is 2.34. The standard InChI is InChI=1S/C16H13FN2O/c1-10-3-2-4-13(15(10)17)20-14-6-5-11-9-19-8-7-12(11)16(14)18/h2-9H,18H2,1H3. The van der Waals surface area contributed by atoms with Crippen LogP contribution in [-0.4, -0.2) is 4.98 Å². The van der Waals surface area contributed by atoms with E-state index in [2.05, 4.69) is 4.98 Å². The van der Waals surface area contributed by atoms with Gasteiger partial charge in [-0.25, -0.2) is 4.39 Å². The molecule has 0 unspecified atom stereocenters. The van der Waals surface area contributed by atoms with Gasteiger partial charge in [0.15, 0.2) is 17.3 Å². The molecule has 0 saturated heterocycles. The first-order chi connectivity index (χ1) is 9.66. The second-order valence-electron chi connectivity index (χ2n) is 4.56. The Hall–Kier alpha value is -2.62. The highest BCUT2D eigenvalue weighted by Gasteiger charge is 2.10. The molecular formula is C16H13FN2O. The van der Waals surface area contributed by atoms with Gasteiger partial charge in [0.2, 0.25) is 0 Å². The van der Waals surface area contributed by atoms with Crippen LogP contribution in [0.1, 0.15) is 5.56 Å². The molecule has 0 amide bonds. The lowest BCUT2D eigenvalue weighted by Crippen LogP contribution is -1.96. The molecule has 1 heterocycles. The Bertz CT molecular complexity index is 787. The van der Waals surface area contributed by atoms with Gasteiger partial charge in [-0.2, -0.15) is 0 Å². The quantitative estimate of drug-likeness (QED) is 0.713. The molecule has 20 heavy (non-hydrogen) atoms. The van der Waals surface area contributed by atoms with Crippen LogP contribution >= 0.6 is 0 Å². The van der Waals surface area contributed by atoms with Gasteiger partial charge in [0, 0.05) is 23.2 Å². The molecule has 3 aromatic rings. The van der Waals surface area contributed by atoms with Gasteiger partial charge in [-0.15, -0.1) is 0 Å². The van der Waals surface area contributed by atoms with Crippen molar-refractivity contribution < 1.29 is 9.13 Å². The average molecular weight is 268 g/mol. The molecule has 0 spiro atoms. The summed E-state index contributed by atoms with van der Waals surface area (Å²) in [5.41, 5.74) is 7.09. The molecule has 1 aromatic heterocycles. The third-order valence-electron chi connectivity index (χ3n) is 3.20. The number of nitrogen functional groups attached to an aromatic ring is 1. The lowest BCUT2D eigenvalue weighted by molar-refractivity contribution is 0.442. The van der Waals surface area contributed by atoms with E-state index in [-0.39, 0.29) is 11.6 Å². The second kappa shape index (κ2) is 4.81. The van der Waals surface area contributed by atoms with E-state index in [1.807, 2.05) is 12.1 Å². The number of hydrogen-bond acceptors (Lipinski definition) is 3. The van der Waals surface area contributed by atoms with Crippen molar-refractivity contribution in [2.24, 2.45) is 0 Å². The summed E-state index contributed by atoms with van der Waals surface area (Å²) < 4.78 is 19.6. The van der Waals surface area contributed by atoms with Crippen molar-refractivity contribution in [1.29, 1.82) is 0 Å². The molecular weight excluding hydrogens is 255 g/mol. The molecule has 4 heteroatoms. The molecule has 3 rings (SSSR count). The first-order valence-electron chi connectivity index (χ1n) is 6.22. The van der Waals surface area contributed by atoms with Crippen LogP contribution in [0.4, 0.5) is 10.1 Å². The number of hydrogen-bond donors (Lipinski definition) is 1. The number of anilines is 1.